The smallest absolute Gasteiger partial charge is 0.269 e. The third-order valence-corrected chi connectivity index (χ3v) is 4.55. The van der Waals surface area contributed by atoms with Gasteiger partial charge in [0.1, 0.15) is 5.69 Å². The van der Waals surface area contributed by atoms with Gasteiger partial charge in [-0.05, 0) is 41.8 Å². The average molecular weight is 337 g/mol. The molecule has 0 aliphatic carbocycles. The van der Waals surface area contributed by atoms with Crippen molar-refractivity contribution in [2.45, 2.75) is 25.3 Å². The minimum Gasteiger partial charge on any atom is -0.379 e. The van der Waals surface area contributed by atoms with Gasteiger partial charge in [0.15, 0.2) is 0 Å². The molecule has 0 radical (unpaired) electrons. The highest BCUT2D eigenvalue weighted by molar-refractivity contribution is 9.10. The number of amides is 1. The van der Waals surface area contributed by atoms with Crippen molar-refractivity contribution in [2.75, 3.05) is 13.2 Å². The zero-order valence-corrected chi connectivity index (χ0v) is 12.9. The van der Waals surface area contributed by atoms with Crippen LogP contribution >= 0.6 is 15.9 Å². The summed E-state index contributed by atoms with van der Waals surface area (Å²) in [5.74, 6) is -0.0962. The third-order valence-electron chi connectivity index (χ3n) is 3.72. The Hall–Kier alpha value is -1.33. The van der Waals surface area contributed by atoms with E-state index in [-0.39, 0.29) is 11.4 Å². The lowest BCUT2D eigenvalue weighted by atomic mass is 9.95. The summed E-state index contributed by atoms with van der Waals surface area (Å²) < 4.78 is 6.29. The highest BCUT2D eigenvalue weighted by Gasteiger charge is 2.30. The molecule has 20 heavy (non-hydrogen) atoms. The van der Waals surface area contributed by atoms with Crippen LogP contribution in [-0.2, 0) is 4.74 Å². The maximum Gasteiger partial charge on any atom is 0.269 e. The van der Waals surface area contributed by atoms with E-state index in [1.165, 1.54) is 0 Å². The lowest BCUT2D eigenvalue weighted by Crippen LogP contribution is -2.51. The topological polar surface area (TPSA) is 54.1 Å². The fraction of sp³-hybridized carbons (Fsp3) is 0.400. The molecular formula is C15H17BrN2O2. The number of fused-ring (bicyclic) bond motifs is 1. The maximum absolute atomic E-state index is 12.5. The van der Waals surface area contributed by atoms with Crippen LogP contribution < -0.4 is 5.32 Å². The lowest BCUT2D eigenvalue weighted by molar-refractivity contribution is 0.0271. The molecule has 0 spiro atoms. The Labute approximate surface area is 126 Å². The number of hydrogen-bond acceptors (Lipinski definition) is 2. The fourth-order valence-electron chi connectivity index (χ4n) is 2.63. The summed E-state index contributed by atoms with van der Waals surface area (Å²) in [6.07, 6.45) is 1.92. The molecule has 1 aromatic carbocycles. The highest BCUT2D eigenvalue weighted by atomic mass is 79.9. The predicted molar refractivity (Wildman–Crippen MR) is 81.9 cm³/mol. The standard InChI is InChI=1S/C15H17BrN2O2/c1-15(7-4-8-20-9-15)18-14(19)13-12(16)10-5-2-3-6-11(10)17-13/h2-3,5-6,17H,4,7-9H2,1H3,(H,18,19). The van der Waals surface area contributed by atoms with Crippen LogP contribution in [0.2, 0.25) is 0 Å². The molecule has 4 nitrogen and oxygen atoms in total. The second-order valence-electron chi connectivity index (χ2n) is 5.53. The molecule has 1 aromatic heterocycles. The summed E-state index contributed by atoms with van der Waals surface area (Å²) in [5, 5.41) is 4.10. The van der Waals surface area contributed by atoms with E-state index in [0.29, 0.717) is 12.3 Å². The molecule has 2 aromatic rings. The van der Waals surface area contributed by atoms with Gasteiger partial charge < -0.3 is 15.0 Å². The minimum absolute atomic E-state index is 0.0962. The Morgan fingerprint density at radius 2 is 2.25 bits per heavy atom. The van der Waals surface area contributed by atoms with Gasteiger partial charge in [0.25, 0.3) is 5.91 Å². The molecule has 1 aliphatic rings. The number of para-hydroxylation sites is 1. The van der Waals surface area contributed by atoms with Gasteiger partial charge in [-0.25, -0.2) is 0 Å². The SMILES string of the molecule is CC1(NC(=O)c2[nH]c3ccccc3c2Br)CCCOC1. The van der Waals surface area contributed by atoms with Gasteiger partial charge in [0.05, 0.1) is 16.6 Å². The first-order chi connectivity index (χ1) is 9.59. The number of nitrogens with one attached hydrogen (secondary N) is 2. The molecule has 1 saturated heterocycles. The molecule has 5 heteroatoms. The summed E-state index contributed by atoms with van der Waals surface area (Å²) in [4.78, 5) is 15.7. The number of rotatable bonds is 2. The van der Waals surface area contributed by atoms with Crippen LogP contribution in [0.15, 0.2) is 28.7 Å². The number of carbonyl (C=O) groups excluding carboxylic acids is 1. The van der Waals surface area contributed by atoms with Gasteiger partial charge in [-0.15, -0.1) is 0 Å². The van der Waals surface area contributed by atoms with E-state index in [9.17, 15) is 4.79 Å². The van der Waals surface area contributed by atoms with E-state index < -0.39 is 0 Å². The molecule has 0 bridgehead atoms. The van der Waals surface area contributed by atoms with Crippen LogP contribution in [0, 0.1) is 0 Å². The van der Waals surface area contributed by atoms with E-state index >= 15 is 0 Å². The summed E-state index contributed by atoms with van der Waals surface area (Å²) in [6, 6.07) is 7.85. The van der Waals surface area contributed by atoms with Gasteiger partial charge in [-0.2, -0.15) is 0 Å². The first kappa shape index (κ1) is 13.6. The normalized spacial score (nSPS) is 22.9. The van der Waals surface area contributed by atoms with Crippen LogP contribution in [0.5, 0.6) is 0 Å². The molecule has 1 amide bonds. The molecule has 2 heterocycles. The van der Waals surface area contributed by atoms with Crippen molar-refractivity contribution in [2.24, 2.45) is 0 Å². The molecule has 2 N–H and O–H groups in total. The third kappa shape index (κ3) is 2.47. The Balaban J connectivity index is 1.87. The first-order valence-electron chi connectivity index (χ1n) is 6.75. The van der Waals surface area contributed by atoms with Crippen LogP contribution in [-0.4, -0.2) is 29.6 Å². The van der Waals surface area contributed by atoms with Gasteiger partial charge >= 0.3 is 0 Å². The van der Waals surface area contributed by atoms with Gasteiger partial charge in [-0.3, -0.25) is 4.79 Å². The summed E-state index contributed by atoms with van der Waals surface area (Å²) in [6.45, 7) is 3.37. The molecular weight excluding hydrogens is 320 g/mol. The monoisotopic (exact) mass is 336 g/mol. The first-order valence-corrected chi connectivity index (χ1v) is 7.55. The number of ether oxygens (including phenoxy) is 1. The van der Waals surface area contributed by atoms with Crippen LogP contribution in [0.25, 0.3) is 10.9 Å². The number of aromatic nitrogens is 1. The second kappa shape index (κ2) is 5.22. The van der Waals surface area contributed by atoms with E-state index in [1.54, 1.807) is 0 Å². The number of hydrogen-bond donors (Lipinski definition) is 2. The minimum atomic E-state index is -0.286. The molecule has 1 fully saturated rings. The van der Waals surface area contributed by atoms with Crippen molar-refractivity contribution >= 4 is 32.7 Å². The maximum atomic E-state index is 12.5. The number of H-pyrrole nitrogens is 1. The zero-order chi connectivity index (χ0) is 14.2. The Kier molecular flexibility index (Phi) is 3.56. The number of benzene rings is 1. The predicted octanol–water partition coefficient (Wildman–Crippen LogP) is 3.23. The molecule has 1 atom stereocenters. The van der Waals surface area contributed by atoms with Crippen molar-refractivity contribution in [1.29, 1.82) is 0 Å². The van der Waals surface area contributed by atoms with Crippen molar-refractivity contribution in [1.82, 2.24) is 10.3 Å². The van der Waals surface area contributed by atoms with Crippen LogP contribution in [0.1, 0.15) is 30.3 Å². The van der Waals surface area contributed by atoms with Crippen LogP contribution in [0.4, 0.5) is 0 Å². The van der Waals surface area contributed by atoms with E-state index in [2.05, 4.69) is 26.2 Å². The molecule has 1 unspecified atom stereocenters. The van der Waals surface area contributed by atoms with Crippen molar-refractivity contribution < 1.29 is 9.53 Å². The Morgan fingerprint density at radius 3 is 2.95 bits per heavy atom. The van der Waals surface area contributed by atoms with Crippen molar-refractivity contribution in [3.8, 4) is 0 Å². The zero-order valence-electron chi connectivity index (χ0n) is 11.3. The molecule has 106 valence electrons. The fourth-order valence-corrected chi connectivity index (χ4v) is 3.26. The van der Waals surface area contributed by atoms with Crippen LogP contribution in [0.3, 0.4) is 0 Å². The van der Waals surface area contributed by atoms with Crippen molar-refractivity contribution in [3.63, 3.8) is 0 Å². The molecule has 0 saturated carbocycles. The molecule has 1 aliphatic heterocycles. The Morgan fingerprint density at radius 1 is 1.45 bits per heavy atom. The molecule has 3 rings (SSSR count). The van der Waals surface area contributed by atoms with Crippen molar-refractivity contribution in [3.05, 3.63) is 34.4 Å². The largest absolute Gasteiger partial charge is 0.379 e. The second-order valence-corrected chi connectivity index (χ2v) is 6.32. The number of carbonyl (C=O) groups is 1. The number of aromatic amines is 1. The van der Waals surface area contributed by atoms with E-state index in [0.717, 1.165) is 34.8 Å². The van der Waals surface area contributed by atoms with Gasteiger partial charge in [-0.1, -0.05) is 18.2 Å². The highest BCUT2D eigenvalue weighted by Crippen LogP contribution is 2.28. The van der Waals surface area contributed by atoms with E-state index in [4.69, 9.17) is 4.74 Å². The Bertz CT molecular complexity index is 644. The summed E-state index contributed by atoms with van der Waals surface area (Å²) in [5.41, 5.74) is 1.24. The summed E-state index contributed by atoms with van der Waals surface area (Å²) >= 11 is 3.51. The summed E-state index contributed by atoms with van der Waals surface area (Å²) in [7, 11) is 0. The van der Waals surface area contributed by atoms with E-state index in [1.807, 2.05) is 31.2 Å². The lowest BCUT2D eigenvalue weighted by Gasteiger charge is -2.34. The quantitative estimate of drug-likeness (QED) is 0.884. The van der Waals surface area contributed by atoms with Gasteiger partial charge in [0.2, 0.25) is 0 Å². The number of halogens is 1. The van der Waals surface area contributed by atoms with Gasteiger partial charge in [0, 0.05) is 17.5 Å². The average Bonchev–Trinajstić information content (AvgIpc) is 2.77.